The number of ether oxygens (including phenoxy) is 1. The summed E-state index contributed by atoms with van der Waals surface area (Å²) in [5.41, 5.74) is 3.44. The molecule has 0 saturated carbocycles. The highest BCUT2D eigenvalue weighted by atomic mass is 19.4. The van der Waals surface area contributed by atoms with E-state index in [1.807, 2.05) is 0 Å². The fraction of sp³-hybridized carbons (Fsp3) is 0.708. The lowest BCUT2D eigenvalue weighted by Gasteiger charge is -2.45. The normalized spacial score (nSPS) is 21.4. The predicted octanol–water partition coefficient (Wildman–Crippen LogP) is 5.66. The number of benzene rings is 1. The lowest BCUT2D eigenvalue weighted by molar-refractivity contribution is -0.308. The summed E-state index contributed by atoms with van der Waals surface area (Å²) >= 11 is 0. The maximum absolute atomic E-state index is 12.8. The van der Waals surface area contributed by atoms with Crippen LogP contribution in [0.2, 0.25) is 0 Å². The van der Waals surface area contributed by atoms with Gasteiger partial charge < -0.3 is 14.5 Å². The summed E-state index contributed by atoms with van der Waals surface area (Å²) < 4.78 is 80.5. The number of hydrogen-bond donors (Lipinski definition) is 0. The van der Waals surface area contributed by atoms with E-state index in [4.69, 9.17) is 0 Å². The number of carbonyl (C=O) groups excluding carboxylic acids is 1. The standard InChI is InChI=1S/C24H31F6N3O2/c1-17-5-6-18(15-19(17)31-10-2-3-11-31)16-33-12-4-7-22(33)8-13-32(14-9-22)21(34)35-20(23(25,26)27)24(28,29)30/h5-6,15,20H,2-4,7-14,16H2,1H3. The third-order valence-electron chi connectivity index (χ3n) is 7.60. The number of rotatable bonds is 4. The van der Waals surface area contributed by atoms with E-state index in [0.717, 1.165) is 43.9 Å². The predicted molar refractivity (Wildman–Crippen MR) is 118 cm³/mol. The van der Waals surface area contributed by atoms with Gasteiger partial charge in [0.05, 0.1) is 0 Å². The van der Waals surface area contributed by atoms with Crippen LogP contribution in [-0.4, -0.2) is 72.6 Å². The minimum Gasteiger partial charge on any atom is -0.426 e. The van der Waals surface area contributed by atoms with Crippen molar-refractivity contribution in [2.24, 2.45) is 0 Å². The van der Waals surface area contributed by atoms with Crippen molar-refractivity contribution in [1.29, 1.82) is 0 Å². The first-order chi connectivity index (χ1) is 16.4. The van der Waals surface area contributed by atoms with Crippen molar-refractivity contribution in [2.45, 2.75) is 76.0 Å². The monoisotopic (exact) mass is 507 g/mol. The van der Waals surface area contributed by atoms with E-state index in [1.165, 1.54) is 29.7 Å². The zero-order valence-corrected chi connectivity index (χ0v) is 19.7. The molecule has 3 aliphatic heterocycles. The number of piperidine rings is 1. The first-order valence-corrected chi connectivity index (χ1v) is 12.1. The summed E-state index contributed by atoms with van der Waals surface area (Å²) in [7, 11) is 0. The Kier molecular flexibility index (Phi) is 7.19. The SMILES string of the molecule is Cc1ccc(CN2CCCC23CCN(C(=O)OC(C(F)(F)F)C(F)(F)F)CC3)cc1N1CCCC1. The second kappa shape index (κ2) is 9.71. The number of aryl methyl sites for hydroxylation is 1. The molecule has 11 heteroatoms. The fourth-order valence-electron chi connectivity index (χ4n) is 5.68. The maximum Gasteiger partial charge on any atom is 0.434 e. The van der Waals surface area contributed by atoms with Crippen LogP contribution in [-0.2, 0) is 11.3 Å². The summed E-state index contributed by atoms with van der Waals surface area (Å²) in [6, 6.07) is 6.47. The number of hydrogen-bond acceptors (Lipinski definition) is 4. The number of carbonyl (C=O) groups is 1. The van der Waals surface area contributed by atoms with Crippen molar-refractivity contribution in [3.63, 3.8) is 0 Å². The molecule has 0 unspecified atom stereocenters. The third-order valence-corrected chi connectivity index (χ3v) is 7.60. The zero-order chi connectivity index (χ0) is 25.4. The number of alkyl halides is 6. The molecule has 0 bridgehead atoms. The van der Waals surface area contributed by atoms with Gasteiger partial charge in [-0.3, -0.25) is 4.90 Å². The van der Waals surface area contributed by atoms with Crippen LogP contribution in [0, 0.1) is 6.92 Å². The van der Waals surface area contributed by atoms with Crippen molar-refractivity contribution in [3.05, 3.63) is 29.3 Å². The summed E-state index contributed by atoms with van der Waals surface area (Å²) in [6.07, 6.45) is -11.9. The van der Waals surface area contributed by atoms with Crippen LogP contribution >= 0.6 is 0 Å². The van der Waals surface area contributed by atoms with Gasteiger partial charge in [0.2, 0.25) is 0 Å². The van der Waals surface area contributed by atoms with Gasteiger partial charge in [0.15, 0.2) is 0 Å². The molecule has 3 saturated heterocycles. The molecule has 0 aromatic heterocycles. The molecule has 1 amide bonds. The number of amides is 1. The highest BCUT2D eigenvalue weighted by Crippen LogP contribution is 2.41. The smallest absolute Gasteiger partial charge is 0.426 e. The molecule has 1 aromatic rings. The average molecular weight is 508 g/mol. The molecule has 3 heterocycles. The molecule has 0 aliphatic carbocycles. The Balaban J connectivity index is 1.39. The quantitative estimate of drug-likeness (QED) is 0.493. The largest absolute Gasteiger partial charge is 0.434 e. The first-order valence-electron chi connectivity index (χ1n) is 12.1. The summed E-state index contributed by atoms with van der Waals surface area (Å²) in [5, 5.41) is 0. The number of nitrogens with zero attached hydrogens (tertiary/aromatic N) is 3. The van der Waals surface area contributed by atoms with Crippen molar-refractivity contribution in [1.82, 2.24) is 9.80 Å². The van der Waals surface area contributed by atoms with E-state index < -0.39 is 24.5 Å². The van der Waals surface area contributed by atoms with Crippen molar-refractivity contribution in [2.75, 3.05) is 37.6 Å². The molecule has 35 heavy (non-hydrogen) atoms. The molecule has 196 valence electrons. The topological polar surface area (TPSA) is 36.0 Å². The van der Waals surface area contributed by atoms with Gasteiger partial charge in [-0.15, -0.1) is 0 Å². The van der Waals surface area contributed by atoms with Crippen molar-refractivity contribution >= 4 is 11.8 Å². The summed E-state index contributed by atoms with van der Waals surface area (Å²) in [4.78, 5) is 17.9. The second-order valence-electron chi connectivity index (χ2n) is 9.90. The maximum atomic E-state index is 12.8. The lowest BCUT2D eigenvalue weighted by atomic mass is 9.85. The Morgan fingerprint density at radius 3 is 2.17 bits per heavy atom. The molecule has 4 rings (SSSR count). The van der Waals surface area contributed by atoms with Gasteiger partial charge in [0, 0.05) is 44.0 Å². The summed E-state index contributed by atoms with van der Waals surface area (Å²) in [5.74, 6) is 0. The molecule has 0 atom stereocenters. The number of likely N-dealkylation sites (tertiary alicyclic amines) is 2. The van der Waals surface area contributed by atoms with Crippen LogP contribution in [0.25, 0.3) is 0 Å². The minimum absolute atomic E-state index is 0.0602. The van der Waals surface area contributed by atoms with Gasteiger partial charge in [0.1, 0.15) is 0 Å². The van der Waals surface area contributed by atoms with Crippen LogP contribution in [0.3, 0.4) is 0 Å². The van der Waals surface area contributed by atoms with Crippen LogP contribution in [0.4, 0.5) is 36.8 Å². The highest BCUT2D eigenvalue weighted by Gasteiger charge is 2.60. The number of anilines is 1. The van der Waals surface area contributed by atoms with Crippen LogP contribution in [0.5, 0.6) is 0 Å². The van der Waals surface area contributed by atoms with Gasteiger partial charge in [-0.25, -0.2) is 4.79 Å². The average Bonchev–Trinajstić information content (AvgIpc) is 3.43. The van der Waals surface area contributed by atoms with Gasteiger partial charge in [-0.05, 0) is 69.2 Å². The fourth-order valence-corrected chi connectivity index (χ4v) is 5.68. The molecule has 1 aromatic carbocycles. The minimum atomic E-state index is -5.71. The van der Waals surface area contributed by atoms with Crippen molar-refractivity contribution < 1.29 is 35.9 Å². The Bertz CT molecular complexity index is 892. The van der Waals surface area contributed by atoms with Crippen LogP contribution in [0.1, 0.15) is 49.7 Å². The van der Waals surface area contributed by atoms with Gasteiger partial charge >= 0.3 is 18.4 Å². The van der Waals surface area contributed by atoms with E-state index in [0.29, 0.717) is 12.8 Å². The third kappa shape index (κ3) is 5.65. The zero-order valence-electron chi connectivity index (χ0n) is 19.7. The molecular weight excluding hydrogens is 476 g/mol. The molecule has 3 fully saturated rings. The molecule has 0 N–H and O–H groups in total. The van der Waals surface area contributed by atoms with E-state index in [9.17, 15) is 31.1 Å². The molecular formula is C24H31F6N3O2. The van der Waals surface area contributed by atoms with E-state index in [-0.39, 0.29) is 18.6 Å². The van der Waals surface area contributed by atoms with Gasteiger partial charge in [-0.2, -0.15) is 26.3 Å². The molecule has 5 nitrogen and oxygen atoms in total. The molecule has 1 spiro atoms. The van der Waals surface area contributed by atoms with Crippen LogP contribution in [0.15, 0.2) is 18.2 Å². The Morgan fingerprint density at radius 1 is 0.943 bits per heavy atom. The molecule has 0 radical (unpaired) electrons. The van der Waals surface area contributed by atoms with E-state index in [2.05, 4.69) is 39.7 Å². The Morgan fingerprint density at radius 2 is 1.57 bits per heavy atom. The van der Waals surface area contributed by atoms with Crippen LogP contribution < -0.4 is 4.90 Å². The van der Waals surface area contributed by atoms with Crippen molar-refractivity contribution in [3.8, 4) is 0 Å². The van der Waals surface area contributed by atoms with E-state index >= 15 is 0 Å². The molecule has 3 aliphatic rings. The summed E-state index contributed by atoms with van der Waals surface area (Å²) in [6.45, 7) is 5.90. The Labute approximate surface area is 201 Å². The first kappa shape index (κ1) is 25.9. The lowest BCUT2D eigenvalue weighted by Crippen LogP contribution is -2.54. The Hall–Kier alpha value is -2.17. The van der Waals surface area contributed by atoms with Gasteiger partial charge in [0.25, 0.3) is 6.10 Å². The second-order valence-corrected chi connectivity index (χ2v) is 9.90. The van der Waals surface area contributed by atoms with E-state index in [1.54, 1.807) is 0 Å². The number of halogens is 6. The van der Waals surface area contributed by atoms with Gasteiger partial charge in [-0.1, -0.05) is 12.1 Å². The highest BCUT2D eigenvalue weighted by molar-refractivity contribution is 5.68.